The van der Waals surface area contributed by atoms with Gasteiger partial charge < -0.3 is 18.8 Å². The van der Waals surface area contributed by atoms with Gasteiger partial charge in [0, 0.05) is 7.05 Å². The maximum absolute atomic E-state index is 13.5. The topological polar surface area (TPSA) is 48.0 Å². The van der Waals surface area contributed by atoms with Crippen molar-refractivity contribution in [2.24, 2.45) is 0 Å². The lowest BCUT2D eigenvalue weighted by molar-refractivity contribution is 0.0172. The SMILES string of the molecule is CN(C[C@H](COc1ccc(F)c(Br)c1)O[Si](C)(C)C(C)(C)C)C(=O)OC(C)(C)C. The average Bonchev–Trinajstić information content (AvgIpc) is 2.52. The fourth-order valence-electron chi connectivity index (χ4n) is 2.19. The zero-order valence-corrected chi connectivity index (χ0v) is 21.6. The fraction of sp³-hybridized carbons (Fsp3) is 0.667. The molecule has 0 bridgehead atoms. The van der Waals surface area contributed by atoms with Crippen molar-refractivity contribution in [3.05, 3.63) is 28.5 Å². The Hall–Kier alpha value is -1.12. The molecule has 0 fully saturated rings. The Bertz CT molecular complexity index is 701. The van der Waals surface area contributed by atoms with E-state index < -0.39 is 20.0 Å². The molecule has 0 N–H and O–H groups in total. The quantitative estimate of drug-likeness (QED) is 0.424. The molecule has 0 aliphatic rings. The smallest absolute Gasteiger partial charge is 0.410 e. The number of hydrogen-bond acceptors (Lipinski definition) is 4. The highest BCUT2D eigenvalue weighted by atomic mass is 79.9. The van der Waals surface area contributed by atoms with E-state index in [1.54, 1.807) is 19.2 Å². The second-order valence-corrected chi connectivity index (χ2v) is 15.4. The molecule has 29 heavy (non-hydrogen) atoms. The minimum absolute atomic E-state index is 0.00858. The number of nitrogens with zero attached hydrogens (tertiary/aromatic N) is 1. The van der Waals surface area contributed by atoms with Crippen LogP contribution in [-0.2, 0) is 9.16 Å². The molecule has 1 atom stereocenters. The van der Waals surface area contributed by atoms with E-state index in [1.165, 1.54) is 11.0 Å². The molecular formula is C21H35BrFNO4Si. The Morgan fingerprint density at radius 2 is 1.79 bits per heavy atom. The van der Waals surface area contributed by atoms with Gasteiger partial charge in [0.15, 0.2) is 8.32 Å². The van der Waals surface area contributed by atoms with Crippen molar-refractivity contribution in [2.75, 3.05) is 20.2 Å². The molecule has 0 radical (unpaired) electrons. The monoisotopic (exact) mass is 491 g/mol. The molecule has 1 aromatic carbocycles. The third-order valence-electron chi connectivity index (χ3n) is 4.78. The van der Waals surface area contributed by atoms with E-state index in [1.807, 2.05) is 20.8 Å². The fourth-order valence-corrected chi connectivity index (χ4v) is 3.88. The maximum atomic E-state index is 13.5. The first kappa shape index (κ1) is 25.9. The van der Waals surface area contributed by atoms with Crippen LogP contribution in [0.1, 0.15) is 41.5 Å². The third kappa shape index (κ3) is 8.64. The minimum atomic E-state index is -2.10. The van der Waals surface area contributed by atoms with Crippen LogP contribution in [0.4, 0.5) is 9.18 Å². The summed E-state index contributed by atoms with van der Waals surface area (Å²) in [5, 5.41) is 0.00858. The summed E-state index contributed by atoms with van der Waals surface area (Å²) in [6, 6.07) is 4.49. The molecule has 0 heterocycles. The van der Waals surface area contributed by atoms with E-state index in [0.717, 1.165) is 0 Å². The number of likely N-dealkylation sites (N-methyl/N-ethyl adjacent to an activating group) is 1. The number of amides is 1. The van der Waals surface area contributed by atoms with E-state index in [9.17, 15) is 9.18 Å². The van der Waals surface area contributed by atoms with Gasteiger partial charge in [-0.2, -0.15) is 0 Å². The zero-order valence-electron chi connectivity index (χ0n) is 19.1. The molecule has 166 valence electrons. The summed E-state index contributed by atoms with van der Waals surface area (Å²) in [6.07, 6.45) is -0.761. The van der Waals surface area contributed by atoms with E-state index >= 15 is 0 Å². The van der Waals surface area contributed by atoms with Crippen LogP contribution in [0.5, 0.6) is 5.75 Å². The molecule has 0 aliphatic heterocycles. The van der Waals surface area contributed by atoms with Gasteiger partial charge in [0.2, 0.25) is 0 Å². The van der Waals surface area contributed by atoms with E-state index in [0.29, 0.717) is 16.8 Å². The third-order valence-corrected chi connectivity index (χ3v) is 9.92. The van der Waals surface area contributed by atoms with Crippen molar-refractivity contribution in [3.8, 4) is 5.75 Å². The molecule has 1 aromatic rings. The highest BCUT2D eigenvalue weighted by Gasteiger charge is 2.40. The summed E-state index contributed by atoms with van der Waals surface area (Å²) in [4.78, 5) is 13.9. The molecule has 0 unspecified atom stereocenters. The summed E-state index contributed by atoms with van der Waals surface area (Å²) in [6.45, 7) is 16.8. The van der Waals surface area contributed by atoms with Crippen molar-refractivity contribution in [1.82, 2.24) is 4.90 Å². The summed E-state index contributed by atoms with van der Waals surface area (Å²) in [5.74, 6) is 0.179. The molecule has 0 spiro atoms. The number of rotatable bonds is 7. The molecule has 1 amide bonds. The van der Waals surface area contributed by atoms with Crippen LogP contribution < -0.4 is 4.74 Å². The van der Waals surface area contributed by atoms with Gasteiger partial charge in [-0.25, -0.2) is 9.18 Å². The van der Waals surface area contributed by atoms with Gasteiger partial charge in [0.25, 0.3) is 0 Å². The number of hydrogen-bond donors (Lipinski definition) is 0. The maximum Gasteiger partial charge on any atom is 0.410 e. The number of carbonyl (C=O) groups is 1. The Balaban J connectivity index is 2.93. The van der Waals surface area contributed by atoms with Crippen LogP contribution in [0.15, 0.2) is 22.7 Å². The molecular weight excluding hydrogens is 457 g/mol. The zero-order chi connectivity index (χ0) is 22.6. The molecule has 0 aromatic heterocycles. The normalized spacial score (nSPS) is 13.8. The lowest BCUT2D eigenvalue weighted by atomic mass is 10.2. The van der Waals surface area contributed by atoms with Crippen molar-refractivity contribution < 1.29 is 23.1 Å². The van der Waals surface area contributed by atoms with Crippen molar-refractivity contribution in [3.63, 3.8) is 0 Å². The van der Waals surface area contributed by atoms with Gasteiger partial charge in [-0.1, -0.05) is 20.8 Å². The number of benzene rings is 1. The van der Waals surface area contributed by atoms with Crippen LogP contribution >= 0.6 is 15.9 Å². The lowest BCUT2D eigenvalue weighted by Crippen LogP contribution is -2.49. The predicted octanol–water partition coefficient (Wildman–Crippen LogP) is 6.22. The second-order valence-electron chi connectivity index (χ2n) is 9.75. The first-order valence-electron chi connectivity index (χ1n) is 9.71. The predicted molar refractivity (Wildman–Crippen MR) is 121 cm³/mol. The Labute approximate surface area is 184 Å². The van der Waals surface area contributed by atoms with Gasteiger partial charge in [-0.3, -0.25) is 0 Å². The van der Waals surface area contributed by atoms with E-state index in [2.05, 4.69) is 49.8 Å². The summed E-state index contributed by atoms with van der Waals surface area (Å²) < 4.78 is 31.6. The van der Waals surface area contributed by atoms with Gasteiger partial charge >= 0.3 is 6.09 Å². The lowest BCUT2D eigenvalue weighted by Gasteiger charge is -2.40. The van der Waals surface area contributed by atoms with E-state index in [-0.39, 0.29) is 23.6 Å². The Morgan fingerprint density at radius 1 is 1.21 bits per heavy atom. The summed E-state index contributed by atoms with van der Waals surface area (Å²) in [7, 11) is -0.417. The number of halogens is 2. The van der Waals surface area contributed by atoms with E-state index in [4.69, 9.17) is 13.9 Å². The highest BCUT2D eigenvalue weighted by Crippen LogP contribution is 2.37. The molecule has 5 nitrogen and oxygen atoms in total. The Morgan fingerprint density at radius 3 is 2.28 bits per heavy atom. The van der Waals surface area contributed by atoms with Crippen LogP contribution in [0, 0.1) is 5.82 Å². The molecule has 0 saturated heterocycles. The molecule has 1 rings (SSSR count). The summed E-state index contributed by atoms with van der Waals surface area (Å²) >= 11 is 3.17. The number of ether oxygens (including phenoxy) is 2. The molecule has 0 aliphatic carbocycles. The first-order chi connectivity index (χ1) is 13.0. The highest BCUT2D eigenvalue weighted by molar-refractivity contribution is 9.10. The van der Waals surface area contributed by atoms with Crippen molar-refractivity contribution >= 4 is 30.3 Å². The summed E-state index contributed by atoms with van der Waals surface area (Å²) in [5.41, 5.74) is -0.571. The van der Waals surface area contributed by atoms with Gasteiger partial charge in [-0.05, 0) is 73.0 Å². The Kier molecular flexibility index (Phi) is 8.75. The standard InChI is InChI=1S/C21H35BrFNO4Si/c1-20(2,3)27-19(25)24(7)13-16(28-29(8,9)21(4,5)6)14-26-15-10-11-18(23)17(22)12-15/h10-12,16H,13-14H2,1-9H3/t16-/m1/s1. The largest absolute Gasteiger partial charge is 0.491 e. The van der Waals surface area contributed by atoms with Gasteiger partial charge in [-0.15, -0.1) is 0 Å². The van der Waals surface area contributed by atoms with Crippen molar-refractivity contribution in [1.29, 1.82) is 0 Å². The number of carbonyl (C=O) groups excluding carboxylic acids is 1. The van der Waals surface area contributed by atoms with Crippen LogP contribution in [0.3, 0.4) is 0 Å². The van der Waals surface area contributed by atoms with Gasteiger partial charge in [0.1, 0.15) is 23.8 Å². The minimum Gasteiger partial charge on any atom is -0.491 e. The molecule has 0 saturated carbocycles. The van der Waals surface area contributed by atoms with Gasteiger partial charge in [0.05, 0.1) is 17.1 Å². The van der Waals surface area contributed by atoms with Crippen LogP contribution in [-0.4, -0.2) is 51.2 Å². The average molecular weight is 493 g/mol. The van der Waals surface area contributed by atoms with Crippen molar-refractivity contribution in [2.45, 2.75) is 71.4 Å². The second kappa shape index (κ2) is 9.79. The van der Waals surface area contributed by atoms with Crippen LogP contribution in [0.2, 0.25) is 18.1 Å². The van der Waals surface area contributed by atoms with Crippen LogP contribution in [0.25, 0.3) is 0 Å². The molecule has 8 heteroatoms. The first-order valence-corrected chi connectivity index (χ1v) is 13.4.